The third kappa shape index (κ3) is 4.19. The number of methoxy groups -OCH3 is 1. The molecule has 3 rings (SSSR count). The van der Waals surface area contributed by atoms with Gasteiger partial charge >= 0.3 is 17.8 Å². The Morgan fingerprint density at radius 2 is 1.93 bits per heavy atom. The number of nitrogens with zero attached hydrogens (tertiary/aromatic N) is 1. The fraction of sp³-hybridized carbons (Fsp3) is 0.389. The van der Waals surface area contributed by atoms with Gasteiger partial charge in [-0.25, -0.2) is 14.2 Å². The first kappa shape index (κ1) is 21.0. The van der Waals surface area contributed by atoms with Crippen LogP contribution in [0, 0.1) is 5.82 Å². The Hall–Kier alpha value is -2.69. The summed E-state index contributed by atoms with van der Waals surface area (Å²) >= 11 is 0.990. The van der Waals surface area contributed by atoms with E-state index in [2.05, 4.69) is 9.72 Å². The first-order valence-corrected chi connectivity index (χ1v) is 9.48. The molecule has 0 radical (unpaired) electrons. The van der Waals surface area contributed by atoms with Gasteiger partial charge in [0.15, 0.2) is 5.13 Å². The van der Waals surface area contributed by atoms with Gasteiger partial charge in [-0.2, -0.15) is 13.2 Å². The molecule has 1 heterocycles. The summed E-state index contributed by atoms with van der Waals surface area (Å²) in [6.07, 6.45) is -2.21. The number of fused-ring (bicyclic) bond motifs is 1. The second-order valence-corrected chi connectivity index (χ2v) is 7.51. The van der Waals surface area contributed by atoms with Crippen LogP contribution in [0.5, 0.6) is 0 Å². The van der Waals surface area contributed by atoms with Crippen molar-refractivity contribution in [3.05, 3.63) is 46.2 Å². The van der Waals surface area contributed by atoms with Gasteiger partial charge in [0, 0.05) is 10.4 Å². The topological polar surface area (TPSA) is 80.3 Å². The molecule has 2 N–H and O–H groups in total. The first-order chi connectivity index (χ1) is 13.7. The van der Waals surface area contributed by atoms with Crippen molar-refractivity contribution in [3.8, 4) is 0 Å². The average Bonchev–Trinajstić information content (AvgIpc) is 3.08. The predicted molar refractivity (Wildman–Crippen MR) is 97.0 cm³/mol. The lowest BCUT2D eigenvalue weighted by atomic mass is 10.0. The molecule has 0 bridgehead atoms. The predicted octanol–water partition coefficient (Wildman–Crippen LogP) is 3.43. The molecule has 6 nitrogen and oxygen atoms in total. The zero-order chi connectivity index (χ0) is 21.2. The molecule has 1 aromatic heterocycles. The standard InChI is InChI=1S/C18H17F4N3O3S/c1-28-15(27)17(18(20,21)22,24-14(26)10-5-4-6-11(19)9-10)25-16-23-12-7-2-3-8-13(12)29-16/h4-6,9H,2-3,7-8H2,1H3,(H,23,25)(H,24,26)/t17-/m1/s1. The van der Waals surface area contributed by atoms with Crippen molar-refractivity contribution >= 4 is 28.3 Å². The fourth-order valence-corrected chi connectivity index (χ4v) is 4.09. The van der Waals surface area contributed by atoms with Crippen LogP contribution in [-0.2, 0) is 22.4 Å². The number of aromatic nitrogens is 1. The summed E-state index contributed by atoms with van der Waals surface area (Å²) < 4.78 is 59.9. The van der Waals surface area contributed by atoms with Crippen molar-refractivity contribution in [2.75, 3.05) is 12.4 Å². The van der Waals surface area contributed by atoms with E-state index in [-0.39, 0.29) is 10.7 Å². The number of nitrogens with one attached hydrogen (secondary N) is 2. The molecule has 1 amide bonds. The molecule has 11 heteroatoms. The second kappa shape index (κ2) is 7.97. The largest absolute Gasteiger partial charge is 0.466 e. The molecule has 0 saturated heterocycles. The van der Waals surface area contributed by atoms with Gasteiger partial charge in [-0.3, -0.25) is 4.79 Å². The lowest BCUT2D eigenvalue weighted by Gasteiger charge is -2.34. The van der Waals surface area contributed by atoms with Crippen LogP contribution < -0.4 is 10.6 Å². The summed E-state index contributed by atoms with van der Waals surface area (Å²) in [5.74, 6) is -3.89. The van der Waals surface area contributed by atoms with Crippen LogP contribution in [0.1, 0.15) is 33.8 Å². The summed E-state index contributed by atoms with van der Waals surface area (Å²) in [5.41, 5.74) is -3.31. The van der Waals surface area contributed by atoms with Gasteiger partial charge in [-0.15, -0.1) is 11.3 Å². The van der Waals surface area contributed by atoms with Crippen LogP contribution in [0.4, 0.5) is 22.7 Å². The Morgan fingerprint density at radius 3 is 2.55 bits per heavy atom. The summed E-state index contributed by atoms with van der Waals surface area (Å²) in [4.78, 5) is 29.6. The maximum Gasteiger partial charge on any atom is 0.442 e. The van der Waals surface area contributed by atoms with E-state index in [0.717, 1.165) is 54.4 Å². The molecule has 1 aliphatic rings. The highest BCUT2D eigenvalue weighted by atomic mass is 32.1. The number of hydrogen-bond acceptors (Lipinski definition) is 6. The number of halogens is 4. The minimum atomic E-state index is -5.28. The van der Waals surface area contributed by atoms with Crippen LogP contribution in [0.25, 0.3) is 0 Å². The number of carbonyl (C=O) groups excluding carboxylic acids is 2. The molecule has 29 heavy (non-hydrogen) atoms. The number of thiazole rings is 1. The van der Waals surface area contributed by atoms with Gasteiger partial charge in [0.25, 0.3) is 5.91 Å². The summed E-state index contributed by atoms with van der Waals surface area (Å²) in [6.45, 7) is 0. The fourth-order valence-electron chi connectivity index (χ4n) is 2.98. The molecule has 1 aliphatic carbocycles. The van der Waals surface area contributed by atoms with Gasteiger partial charge in [0.1, 0.15) is 5.82 Å². The molecule has 0 saturated carbocycles. The monoisotopic (exact) mass is 431 g/mol. The smallest absolute Gasteiger partial charge is 0.442 e. The number of rotatable bonds is 5. The molecule has 2 aromatic rings. The maximum absolute atomic E-state index is 14.1. The highest BCUT2D eigenvalue weighted by molar-refractivity contribution is 7.15. The van der Waals surface area contributed by atoms with Crippen LogP contribution in [0.2, 0.25) is 0 Å². The van der Waals surface area contributed by atoms with Crippen LogP contribution in [-0.4, -0.2) is 35.8 Å². The van der Waals surface area contributed by atoms with Gasteiger partial charge in [-0.05, 0) is 43.9 Å². The highest BCUT2D eigenvalue weighted by Gasteiger charge is 2.64. The van der Waals surface area contributed by atoms with E-state index < -0.39 is 29.5 Å². The number of hydrogen-bond donors (Lipinski definition) is 2. The lowest BCUT2D eigenvalue weighted by molar-refractivity contribution is -0.203. The minimum absolute atomic E-state index is 0.167. The van der Waals surface area contributed by atoms with Gasteiger partial charge in [-0.1, -0.05) is 6.07 Å². The molecule has 156 valence electrons. The summed E-state index contributed by atoms with van der Waals surface area (Å²) in [7, 11) is 0.770. The number of alkyl halides is 3. The number of ether oxygens (including phenoxy) is 1. The number of amides is 1. The Bertz CT molecular complexity index is 908. The zero-order valence-electron chi connectivity index (χ0n) is 15.2. The summed E-state index contributed by atoms with van der Waals surface area (Å²) in [6, 6.07) is 4.08. The SMILES string of the molecule is COC(=O)[C@@](NC(=O)c1cccc(F)c1)(Nc1nc2c(s1)CCCC2)C(F)(F)F. The Balaban J connectivity index is 2.00. The van der Waals surface area contributed by atoms with E-state index in [4.69, 9.17) is 0 Å². The van der Waals surface area contributed by atoms with Crippen molar-refractivity contribution in [1.29, 1.82) is 0 Å². The van der Waals surface area contributed by atoms with E-state index in [9.17, 15) is 27.2 Å². The van der Waals surface area contributed by atoms with Crippen molar-refractivity contribution < 1.29 is 31.9 Å². The van der Waals surface area contributed by atoms with Gasteiger partial charge < -0.3 is 15.4 Å². The van der Waals surface area contributed by atoms with Crippen LogP contribution in [0.15, 0.2) is 24.3 Å². The minimum Gasteiger partial charge on any atom is -0.466 e. The Labute approximate surface area is 167 Å². The second-order valence-electron chi connectivity index (χ2n) is 6.42. The molecule has 1 aromatic carbocycles. The highest BCUT2D eigenvalue weighted by Crippen LogP contribution is 2.36. The number of aryl methyl sites for hydroxylation is 2. The maximum atomic E-state index is 14.1. The van der Waals surface area contributed by atoms with Crippen molar-refractivity contribution in [1.82, 2.24) is 10.3 Å². The average molecular weight is 431 g/mol. The quantitative estimate of drug-likeness (QED) is 0.431. The number of esters is 1. The van der Waals surface area contributed by atoms with E-state index in [1.807, 2.05) is 5.32 Å². The Kier molecular flexibility index (Phi) is 5.78. The molecule has 0 unspecified atom stereocenters. The molecule has 0 aliphatic heterocycles. The first-order valence-electron chi connectivity index (χ1n) is 8.66. The zero-order valence-corrected chi connectivity index (χ0v) is 16.0. The van der Waals surface area contributed by atoms with Crippen molar-refractivity contribution in [3.63, 3.8) is 0 Å². The Morgan fingerprint density at radius 1 is 1.21 bits per heavy atom. The molecule has 0 fully saturated rings. The third-order valence-corrected chi connectivity index (χ3v) is 5.52. The molecule has 0 spiro atoms. The number of carbonyl (C=O) groups is 2. The lowest BCUT2D eigenvalue weighted by Crippen LogP contribution is -2.69. The van der Waals surface area contributed by atoms with E-state index >= 15 is 0 Å². The number of anilines is 1. The molecule has 1 atom stereocenters. The van der Waals surface area contributed by atoms with E-state index in [1.165, 1.54) is 6.07 Å². The molecular weight excluding hydrogens is 414 g/mol. The van der Waals surface area contributed by atoms with Crippen molar-refractivity contribution in [2.45, 2.75) is 37.5 Å². The van der Waals surface area contributed by atoms with E-state index in [1.54, 1.807) is 5.32 Å². The van der Waals surface area contributed by atoms with E-state index in [0.29, 0.717) is 18.5 Å². The third-order valence-electron chi connectivity index (χ3n) is 4.44. The normalized spacial score (nSPS) is 15.8. The van der Waals surface area contributed by atoms with Crippen LogP contribution >= 0.6 is 11.3 Å². The van der Waals surface area contributed by atoms with Gasteiger partial charge in [0.2, 0.25) is 0 Å². The summed E-state index contributed by atoms with van der Waals surface area (Å²) in [5, 5.41) is 3.51. The molecular formula is C18H17F4N3O3S. The van der Waals surface area contributed by atoms with Gasteiger partial charge in [0.05, 0.1) is 12.8 Å². The van der Waals surface area contributed by atoms with Crippen LogP contribution in [0.3, 0.4) is 0 Å². The number of benzene rings is 1. The van der Waals surface area contributed by atoms with Crippen molar-refractivity contribution in [2.24, 2.45) is 0 Å².